The summed E-state index contributed by atoms with van der Waals surface area (Å²) in [6, 6.07) is 3.54. The third-order valence-corrected chi connectivity index (χ3v) is 3.11. The highest BCUT2D eigenvalue weighted by Gasteiger charge is 2.10. The van der Waals surface area contributed by atoms with Gasteiger partial charge in [-0.25, -0.2) is 0 Å². The van der Waals surface area contributed by atoms with Gasteiger partial charge in [-0.3, -0.25) is 0 Å². The summed E-state index contributed by atoms with van der Waals surface area (Å²) in [4.78, 5) is 0. The predicted molar refractivity (Wildman–Crippen MR) is 83.9 cm³/mol. The SMILES string of the molecule is CCOc1c(Cl)cc(Cl)cc1CNCCNC[C@@H](C)O. The van der Waals surface area contributed by atoms with Crippen molar-refractivity contribution in [3.05, 3.63) is 27.7 Å². The van der Waals surface area contributed by atoms with Gasteiger partial charge in [0.25, 0.3) is 0 Å². The highest BCUT2D eigenvalue weighted by atomic mass is 35.5. The van der Waals surface area contributed by atoms with Gasteiger partial charge in [0.2, 0.25) is 0 Å². The summed E-state index contributed by atoms with van der Waals surface area (Å²) in [5.41, 5.74) is 0.944. The molecule has 0 aliphatic carbocycles. The topological polar surface area (TPSA) is 53.5 Å². The minimum Gasteiger partial charge on any atom is -0.492 e. The zero-order valence-corrected chi connectivity index (χ0v) is 13.4. The number of aliphatic hydroxyl groups excluding tert-OH is 1. The number of rotatable bonds is 9. The van der Waals surface area contributed by atoms with Gasteiger partial charge in [0.05, 0.1) is 17.7 Å². The van der Waals surface area contributed by atoms with Crippen LogP contribution in [0, 0.1) is 0 Å². The van der Waals surface area contributed by atoms with Crippen molar-refractivity contribution in [1.29, 1.82) is 0 Å². The van der Waals surface area contributed by atoms with Crippen LogP contribution in [0.15, 0.2) is 12.1 Å². The Bertz CT molecular complexity index is 414. The van der Waals surface area contributed by atoms with Gasteiger partial charge in [-0.15, -0.1) is 0 Å². The summed E-state index contributed by atoms with van der Waals surface area (Å²) >= 11 is 12.1. The maximum Gasteiger partial charge on any atom is 0.142 e. The summed E-state index contributed by atoms with van der Waals surface area (Å²) in [6.45, 7) is 7.02. The van der Waals surface area contributed by atoms with E-state index in [-0.39, 0.29) is 6.10 Å². The molecule has 0 heterocycles. The lowest BCUT2D eigenvalue weighted by Gasteiger charge is -2.14. The Labute approximate surface area is 130 Å². The van der Waals surface area contributed by atoms with Crippen LogP contribution in [0.4, 0.5) is 0 Å². The van der Waals surface area contributed by atoms with E-state index < -0.39 is 0 Å². The Morgan fingerprint density at radius 2 is 1.95 bits per heavy atom. The highest BCUT2D eigenvalue weighted by molar-refractivity contribution is 6.35. The Kier molecular flexibility index (Phi) is 8.26. The van der Waals surface area contributed by atoms with Crippen LogP contribution in [0.2, 0.25) is 10.0 Å². The summed E-state index contributed by atoms with van der Waals surface area (Å²) in [5, 5.41) is 16.7. The summed E-state index contributed by atoms with van der Waals surface area (Å²) in [6.07, 6.45) is -0.328. The first-order valence-electron chi connectivity index (χ1n) is 6.74. The van der Waals surface area contributed by atoms with Crippen molar-refractivity contribution in [2.75, 3.05) is 26.2 Å². The molecule has 0 bridgehead atoms. The zero-order chi connectivity index (χ0) is 15.0. The van der Waals surface area contributed by atoms with Gasteiger partial charge in [-0.1, -0.05) is 23.2 Å². The van der Waals surface area contributed by atoms with Gasteiger partial charge < -0.3 is 20.5 Å². The van der Waals surface area contributed by atoms with Gasteiger partial charge in [-0.05, 0) is 26.0 Å². The Morgan fingerprint density at radius 3 is 2.60 bits per heavy atom. The molecule has 20 heavy (non-hydrogen) atoms. The summed E-state index contributed by atoms with van der Waals surface area (Å²) in [5.74, 6) is 0.683. The normalized spacial score (nSPS) is 12.4. The molecule has 1 rings (SSSR count). The van der Waals surface area contributed by atoms with E-state index in [0.717, 1.165) is 18.7 Å². The maximum atomic E-state index is 9.11. The van der Waals surface area contributed by atoms with E-state index in [4.69, 9.17) is 33.0 Å². The van der Waals surface area contributed by atoms with Crippen LogP contribution >= 0.6 is 23.2 Å². The quantitative estimate of drug-likeness (QED) is 0.612. The number of benzene rings is 1. The van der Waals surface area contributed by atoms with Crippen LogP contribution in [-0.4, -0.2) is 37.5 Å². The molecule has 3 N–H and O–H groups in total. The molecule has 0 aliphatic heterocycles. The number of hydrogen-bond acceptors (Lipinski definition) is 4. The Hall–Kier alpha value is -0.520. The molecule has 4 nitrogen and oxygen atoms in total. The zero-order valence-electron chi connectivity index (χ0n) is 11.9. The van der Waals surface area contributed by atoms with Gasteiger partial charge >= 0.3 is 0 Å². The van der Waals surface area contributed by atoms with Gasteiger partial charge in [-0.2, -0.15) is 0 Å². The van der Waals surface area contributed by atoms with Crippen LogP contribution < -0.4 is 15.4 Å². The van der Waals surface area contributed by atoms with Crippen molar-refractivity contribution in [3.8, 4) is 5.75 Å². The number of nitrogens with one attached hydrogen (secondary N) is 2. The summed E-state index contributed by atoms with van der Waals surface area (Å²) in [7, 11) is 0. The lowest BCUT2D eigenvalue weighted by atomic mass is 10.2. The highest BCUT2D eigenvalue weighted by Crippen LogP contribution is 2.32. The number of halogens is 2. The lowest BCUT2D eigenvalue weighted by molar-refractivity contribution is 0.191. The third-order valence-electron chi connectivity index (χ3n) is 2.61. The van der Waals surface area contributed by atoms with E-state index in [2.05, 4.69) is 10.6 Å². The molecule has 0 saturated heterocycles. The van der Waals surface area contributed by atoms with Crippen molar-refractivity contribution in [2.45, 2.75) is 26.5 Å². The largest absolute Gasteiger partial charge is 0.492 e. The fourth-order valence-electron chi connectivity index (χ4n) is 1.76. The second-order valence-electron chi connectivity index (χ2n) is 4.54. The van der Waals surface area contributed by atoms with E-state index >= 15 is 0 Å². The molecule has 114 valence electrons. The first-order valence-corrected chi connectivity index (χ1v) is 7.50. The van der Waals surface area contributed by atoms with E-state index in [9.17, 15) is 0 Å². The molecule has 1 aromatic carbocycles. The first kappa shape index (κ1) is 17.5. The van der Waals surface area contributed by atoms with Crippen molar-refractivity contribution in [2.24, 2.45) is 0 Å². The second kappa shape index (κ2) is 9.42. The molecule has 6 heteroatoms. The lowest BCUT2D eigenvalue weighted by Crippen LogP contribution is -2.31. The van der Waals surface area contributed by atoms with Crippen LogP contribution in [0.3, 0.4) is 0 Å². The maximum absolute atomic E-state index is 9.11. The van der Waals surface area contributed by atoms with Gasteiger partial charge in [0, 0.05) is 36.8 Å². The second-order valence-corrected chi connectivity index (χ2v) is 5.38. The van der Waals surface area contributed by atoms with Gasteiger partial charge in [0.1, 0.15) is 5.75 Å². The molecule has 0 radical (unpaired) electrons. The molecule has 0 spiro atoms. The van der Waals surface area contributed by atoms with E-state index in [1.54, 1.807) is 13.0 Å². The number of hydrogen-bond donors (Lipinski definition) is 3. The molecule has 0 saturated carbocycles. The molecule has 1 atom stereocenters. The minimum absolute atomic E-state index is 0.328. The molecular weight excluding hydrogens is 299 g/mol. The number of ether oxygens (including phenoxy) is 1. The van der Waals surface area contributed by atoms with Crippen LogP contribution in [0.5, 0.6) is 5.75 Å². The van der Waals surface area contributed by atoms with Crippen LogP contribution in [0.25, 0.3) is 0 Å². The van der Waals surface area contributed by atoms with Crippen molar-refractivity contribution in [3.63, 3.8) is 0 Å². The molecule has 0 aliphatic rings. The van der Waals surface area contributed by atoms with Crippen molar-refractivity contribution >= 4 is 23.2 Å². The van der Waals surface area contributed by atoms with Crippen LogP contribution in [0.1, 0.15) is 19.4 Å². The minimum atomic E-state index is -0.328. The first-order chi connectivity index (χ1) is 9.54. The van der Waals surface area contributed by atoms with Gasteiger partial charge in [0.15, 0.2) is 0 Å². The average molecular weight is 321 g/mol. The molecular formula is C14H22Cl2N2O2. The van der Waals surface area contributed by atoms with E-state index in [0.29, 0.717) is 35.5 Å². The van der Waals surface area contributed by atoms with Crippen LogP contribution in [-0.2, 0) is 6.54 Å². The van der Waals surface area contributed by atoms with E-state index in [1.807, 2.05) is 13.0 Å². The standard InChI is InChI=1S/C14H22Cl2N2O2/c1-3-20-14-11(6-12(15)7-13(14)16)9-18-5-4-17-8-10(2)19/h6-7,10,17-19H,3-5,8-9H2,1-2H3/t10-/m1/s1. The third kappa shape index (κ3) is 6.29. The number of aliphatic hydroxyl groups is 1. The van der Waals surface area contributed by atoms with Crippen molar-refractivity contribution < 1.29 is 9.84 Å². The predicted octanol–water partition coefficient (Wildman–Crippen LogP) is 2.45. The molecule has 1 aromatic rings. The monoisotopic (exact) mass is 320 g/mol. The Balaban J connectivity index is 2.46. The average Bonchev–Trinajstić information content (AvgIpc) is 2.37. The fraction of sp³-hybridized carbons (Fsp3) is 0.571. The molecule has 0 fully saturated rings. The molecule has 0 aromatic heterocycles. The summed E-state index contributed by atoms with van der Waals surface area (Å²) < 4.78 is 5.55. The molecule has 0 amide bonds. The smallest absolute Gasteiger partial charge is 0.142 e. The molecule has 0 unspecified atom stereocenters. The van der Waals surface area contributed by atoms with Crippen molar-refractivity contribution in [1.82, 2.24) is 10.6 Å². The van der Waals surface area contributed by atoms with E-state index in [1.165, 1.54) is 0 Å². The fourth-order valence-corrected chi connectivity index (χ4v) is 2.35. The Morgan fingerprint density at radius 1 is 1.25 bits per heavy atom.